The Kier molecular flexibility index (Phi) is 4.23. The van der Waals surface area contributed by atoms with Gasteiger partial charge in [0.25, 0.3) is 0 Å². The number of aliphatic hydroxyl groups is 1. The molecule has 1 aromatic heterocycles. The number of hydrogen-bond donors (Lipinski definition) is 2. The van der Waals surface area contributed by atoms with Gasteiger partial charge in [0, 0.05) is 16.6 Å². The topological polar surface area (TPSA) is 45.2 Å². The molecule has 1 heterocycles. The summed E-state index contributed by atoms with van der Waals surface area (Å²) in [6.07, 6.45) is 3.97. The number of fused-ring (bicyclic) bond motifs is 1. The highest BCUT2D eigenvalue weighted by Gasteiger charge is 2.35. The molecule has 2 aromatic rings. The molecule has 3 nitrogen and oxygen atoms in total. The number of hydrogen-bond acceptors (Lipinski definition) is 3. The van der Waals surface area contributed by atoms with Crippen LogP contribution in [-0.4, -0.2) is 35.0 Å². The van der Waals surface area contributed by atoms with Gasteiger partial charge in [-0.25, -0.2) is 0 Å². The number of nitrogens with one attached hydrogen (secondary N) is 1. The SMILES string of the molecule is CSc1cc([B]OC(C)(C)C(C)(C)O)c2cc[nH]c2c1. The van der Waals surface area contributed by atoms with E-state index in [1.54, 1.807) is 33.1 Å². The lowest BCUT2D eigenvalue weighted by Crippen LogP contribution is -2.49. The van der Waals surface area contributed by atoms with Gasteiger partial charge in [0.2, 0.25) is 0 Å². The van der Waals surface area contributed by atoms with Crippen molar-refractivity contribution in [1.29, 1.82) is 0 Å². The van der Waals surface area contributed by atoms with Gasteiger partial charge in [-0.15, -0.1) is 11.8 Å². The summed E-state index contributed by atoms with van der Waals surface area (Å²) in [4.78, 5) is 4.40. The summed E-state index contributed by atoms with van der Waals surface area (Å²) in [6.45, 7) is 7.28. The molecular formula is C15H21BNO2S. The molecule has 0 atom stereocenters. The van der Waals surface area contributed by atoms with Crippen LogP contribution in [0.5, 0.6) is 0 Å². The fraction of sp³-hybridized carbons (Fsp3) is 0.467. The summed E-state index contributed by atoms with van der Waals surface area (Å²) < 4.78 is 5.86. The predicted molar refractivity (Wildman–Crippen MR) is 86.9 cm³/mol. The average Bonchev–Trinajstić information content (AvgIpc) is 2.82. The van der Waals surface area contributed by atoms with Crippen LogP contribution in [0.25, 0.3) is 10.9 Å². The Labute approximate surface area is 125 Å². The maximum atomic E-state index is 10.1. The molecule has 1 aromatic carbocycles. The third kappa shape index (κ3) is 3.05. The van der Waals surface area contributed by atoms with E-state index >= 15 is 0 Å². The van der Waals surface area contributed by atoms with Crippen molar-refractivity contribution in [3.63, 3.8) is 0 Å². The third-order valence-corrected chi connectivity index (χ3v) is 4.57. The number of aromatic amines is 1. The van der Waals surface area contributed by atoms with E-state index in [9.17, 15) is 5.11 Å². The van der Waals surface area contributed by atoms with Crippen molar-refractivity contribution >= 4 is 35.6 Å². The van der Waals surface area contributed by atoms with Gasteiger partial charge in [0.1, 0.15) is 0 Å². The first-order valence-corrected chi connectivity index (χ1v) is 7.85. The second-order valence-corrected chi connectivity index (χ2v) is 6.84. The first-order valence-electron chi connectivity index (χ1n) is 6.63. The molecule has 0 spiro atoms. The maximum absolute atomic E-state index is 10.1. The standard InChI is InChI=1S/C15H21BNO2S/c1-14(2,18)15(3,4)19-16-12-8-10(20-5)9-13-11(12)6-7-17-13/h6-9,17-18H,1-5H3. The van der Waals surface area contributed by atoms with Crippen LogP contribution in [0.4, 0.5) is 0 Å². The predicted octanol–water partition coefficient (Wildman–Crippen LogP) is 2.70. The van der Waals surface area contributed by atoms with Crippen molar-refractivity contribution in [2.24, 2.45) is 0 Å². The fourth-order valence-electron chi connectivity index (χ4n) is 1.74. The van der Waals surface area contributed by atoms with Gasteiger partial charge in [-0.05, 0) is 56.9 Å². The Morgan fingerprint density at radius 3 is 2.55 bits per heavy atom. The van der Waals surface area contributed by atoms with Crippen molar-refractivity contribution < 1.29 is 9.76 Å². The van der Waals surface area contributed by atoms with E-state index in [0.29, 0.717) is 0 Å². The highest BCUT2D eigenvalue weighted by molar-refractivity contribution is 7.98. The van der Waals surface area contributed by atoms with Crippen LogP contribution in [-0.2, 0) is 4.65 Å². The first kappa shape index (κ1) is 15.5. The molecule has 5 heteroatoms. The Morgan fingerprint density at radius 2 is 1.95 bits per heavy atom. The molecule has 2 rings (SSSR count). The van der Waals surface area contributed by atoms with Crippen LogP contribution < -0.4 is 5.46 Å². The average molecular weight is 290 g/mol. The van der Waals surface area contributed by atoms with E-state index in [4.69, 9.17) is 4.65 Å². The summed E-state index contributed by atoms with van der Waals surface area (Å²) in [5, 5.41) is 11.3. The molecule has 1 radical (unpaired) electrons. The zero-order valence-electron chi connectivity index (χ0n) is 12.7. The van der Waals surface area contributed by atoms with Crippen LogP contribution in [0.3, 0.4) is 0 Å². The normalized spacial score (nSPS) is 12.9. The summed E-state index contributed by atoms with van der Waals surface area (Å²) in [7, 11) is 1.74. The van der Waals surface area contributed by atoms with Crippen LogP contribution in [0.1, 0.15) is 27.7 Å². The molecule has 2 N–H and O–H groups in total. The zero-order valence-corrected chi connectivity index (χ0v) is 13.5. The van der Waals surface area contributed by atoms with Crippen LogP contribution >= 0.6 is 11.8 Å². The maximum Gasteiger partial charge on any atom is 0.331 e. The molecule has 107 valence electrons. The molecule has 0 amide bonds. The largest absolute Gasteiger partial charge is 0.427 e. The molecule has 0 saturated heterocycles. The van der Waals surface area contributed by atoms with E-state index in [1.807, 2.05) is 26.1 Å². The molecule has 0 aliphatic rings. The number of benzene rings is 1. The number of thioether (sulfide) groups is 1. The molecule has 0 unspecified atom stereocenters. The van der Waals surface area contributed by atoms with E-state index in [-0.39, 0.29) is 0 Å². The molecule has 0 aliphatic heterocycles. The smallest absolute Gasteiger partial charge is 0.331 e. The summed E-state index contributed by atoms with van der Waals surface area (Å²) in [6, 6.07) is 6.26. The molecule has 0 bridgehead atoms. The molecule has 0 saturated carbocycles. The van der Waals surface area contributed by atoms with Gasteiger partial charge < -0.3 is 14.7 Å². The van der Waals surface area contributed by atoms with E-state index in [1.165, 1.54) is 4.90 Å². The van der Waals surface area contributed by atoms with Gasteiger partial charge >= 0.3 is 7.48 Å². The summed E-state index contributed by atoms with van der Waals surface area (Å²) in [5.41, 5.74) is 0.529. The van der Waals surface area contributed by atoms with Crippen molar-refractivity contribution in [3.05, 3.63) is 24.4 Å². The minimum Gasteiger partial charge on any atom is -0.427 e. The van der Waals surface area contributed by atoms with E-state index in [2.05, 4.69) is 23.4 Å². The second kappa shape index (κ2) is 5.47. The second-order valence-electron chi connectivity index (χ2n) is 5.96. The summed E-state index contributed by atoms with van der Waals surface area (Å²) >= 11 is 1.70. The Bertz CT molecular complexity index is 601. The third-order valence-electron chi connectivity index (χ3n) is 3.86. The fourth-order valence-corrected chi connectivity index (χ4v) is 2.22. The minimum atomic E-state index is -0.919. The van der Waals surface area contributed by atoms with Crippen molar-refractivity contribution in [3.8, 4) is 0 Å². The molecule has 0 fully saturated rings. The van der Waals surface area contributed by atoms with Crippen LogP contribution in [0, 0.1) is 0 Å². The first-order chi connectivity index (χ1) is 9.24. The molecule has 0 aliphatic carbocycles. The van der Waals surface area contributed by atoms with Crippen molar-refractivity contribution in [1.82, 2.24) is 4.98 Å². The van der Waals surface area contributed by atoms with Gasteiger partial charge in [-0.2, -0.15) is 0 Å². The molecular weight excluding hydrogens is 269 g/mol. The van der Waals surface area contributed by atoms with Crippen molar-refractivity contribution in [2.45, 2.75) is 43.8 Å². The quantitative estimate of drug-likeness (QED) is 0.657. The summed E-state index contributed by atoms with van der Waals surface area (Å²) in [5.74, 6) is 0. The van der Waals surface area contributed by atoms with Gasteiger partial charge in [-0.3, -0.25) is 0 Å². The van der Waals surface area contributed by atoms with Gasteiger partial charge in [0.05, 0.1) is 11.2 Å². The molecule has 20 heavy (non-hydrogen) atoms. The van der Waals surface area contributed by atoms with Crippen LogP contribution in [0.2, 0.25) is 0 Å². The van der Waals surface area contributed by atoms with Gasteiger partial charge in [0.15, 0.2) is 0 Å². The Morgan fingerprint density at radius 1 is 1.25 bits per heavy atom. The highest BCUT2D eigenvalue weighted by Crippen LogP contribution is 2.25. The lowest BCUT2D eigenvalue weighted by molar-refractivity contribution is -0.0893. The van der Waals surface area contributed by atoms with E-state index in [0.717, 1.165) is 16.4 Å². The Hall–Kier alpha value is -0.905. The zero-order chi connectivity index (χ0) is 15.0. The number of rotatable bonds is 5. The Balaban J connectivity index is 2.27. The monoisotopic (exact) mass is 290 g/mol. The highest BCUT2D eigenvalue weighted by atomic mass is 32.2. The number of aromatic nitrogens is 1. The number of H-pyrrole nitrogens is 1. The lowest BCUT2D eigenvalue weighted by Gasteiger charge is -2.37. The van der Waals surface area contributed by atoms with Gasteiger partial charge in [-0.1, -0.05) is 6.07 Å². The lowest BCUT2D eigenvalue weighted by atomic mass is 9.81. The van der Waals surface area contributed by atoms with E-state index < -0.39 is 11.2 Å². The van der Waals surface area contributed by atoms with Crippen molar-refractivity contribution in [2.75, 3.05) is 6.26 Å². The minimum absolute atomic E-state index is 0.662. The van der Waals surface area contributed by atoms with Crippen LogP contribution in [0.15, 0.2) is 29.3 Å².